The van der Waals surface area contributed by atoms with Crippen molar-refractivity contribution in [1.82, 2.24) is 0 Å². The van der Waals surface area contributed by atoms with E-state index >= 15 is 0 Å². The van der Waals surface area contributed by atoms with Crippen molar-refractivity contribution in [3.8, 4) is 0 Å². The summed E-state index contributed by atoms with van der Waals surface area (Å²) in [6.45, 7) is 6.22. The fourth-order valence-electron chi connectivity index (χ4n) is 1.54. The Bertz CT molecular complexity index is 346. The Labute approximate surface area is 102 Å². The number of hydrazine groups is 1. The molecule has 0 spiro atoms. The Morgan fingerprint density at radius 1 is 1.12 bits per heavy atom. The molecule has 4 N–H and O–H groups in total. The number of benzene rings is 1. The number of hydrogen-bond acceptors (Lipinski definition) is 3. The maximum absolute atomic E-state index is 5.68. The molecule has 0 aliphatic carbocycles. The van der Waals surface area contributed by atoms with Crippen LogP contribution in [0.4, 0.5) is 11.4 Å². The maximum Gasteiger partial charge on any atom is 0.185 e. The molecule has 1 aromatic rings. The van der Waals surface area contributed by atoms with Crippen molar-refractivity contribution in [2.75, 3.05) is 23.0 Å². The summed E-state index contributed by atoms with van der Waals surface area (Å²) in [6.07, 6.45) is 0. The van der Waals surface area contributed by atoms with E-state index in [2.05, 4.69) is 18.7 Å². The smallest absolute Gasteiger partial charge is 0.185 e. The minimum atomic E-state index is 0.163. The molecule has 1 aromatic carbocycles. The lowest BCUT2D eigenvalue weighted by molar-refractivity contribution is 0.866. The lowest BCUT2D eigenvalue weighted by Gasteiger charge is -2.22. The van der Waals surface area contributed by atoms with Gasteiger partial charge in [-0.15, -0.1) is 0 Å². The average molecular weight is 238 g/mol. The molecule has 0 heterocycles. The van der Waals surface area contributed by atoms with Gasteiger partial charge in [0.2, 0.25) is 0 Å². The highest BCUT2D eigenvalue weighted by Crippen LogP contribution is 2.19. The first kappa shape index (κ1) is 12.7. The zero-order chi connectivity index (χ0) is 12.1. The lowest BCUT2D eigenvalue weighted by atomic mass is 10.2. The molecular weight excluding hydrogens is 220 g/mol. The Morgan fingerprint density at radius 3 is 1.94 bits per heavy atom. The first-order valence-electron chi connectivity index (χ1n) is 5.29. The predicted molar refractivity (Wildman–Crippen MR) is 73.5 cm³/mol. The van der Waals surface area contributed by atoms with Crippen LogP contribution in [0.5, 0.6) is 0 Å². The number of nitrogens with two attached hydrogens (primary N) is 2. The molecule has 0 fully saturated rings. The number of anilines is 2. The molecule has 88 valence electrons. The molecular formula is C11H18N4S. The number of thiocarbonyl (C=S) groups is 1. The highest BCUT2D eigenvalue weighted by molar-refractivity contribution is 7.80. The molecule has 0 aliphatic rings. The summed E-state index contributed by atoms with van der Waals surface area (Å²) in [7, 11) is 0. The molecule has 0 atom stereocenters. The van der Waals surface area contributed by atoms with Gasteiger partial charge in [-0.05, 0) is 50.3 Å². The average Bonchev–Trinajstić information content (AvgIpc) is 2.30. The van der Waals surface area contributed by atoms with Gasteiger partial charge in [0.15, 0.2) is 5.11 Å². The zero-order valence-corrected chi connectivity index (χ0v) is 10.5. The van der Waals surface area contributed by atoms with Crippen LogP contribution in [0.15, 0.2) is 24.3 Å². The monoisotopic (exact) mass is 238 g/mol. The summed E-state index contributed by atoms with van der Waals surface area (Å²) < 4.78 is 0. The van der Waals surface area contributed by atoms with Gasteiger partial charge < -0.3 is 10.6 Å². The molecule has 0 unspecified atom stereocenters. The molecule has 0 saturated heterocycles. The van der Waals surface area contributed by atoms with Crippen LogP contribution >= 0.6 is 12.2 Å². The van der Waals surface area contributed by atoms with Crippen LogP contribution in [-0.4, -0.2) is 18.2 Å². The van der Waals surface area contributed by atoms with Gasteiger partial charge >= 0.3 is 0 Å². The quantitative estimate of drug-likeness (QED) is 0.472. The minimum absolute atomic E-state index is 0.163. The SMILES string of the molecule is CCN(CC)c1ccc(N(N)C(N)=S)cc1. The summed E-state index contributed by atoms with van der Waals surface area (Å²) in [5, 5.41) is 1.46. The zero-order valence-electron chi connectivity index (χ0n) is 9.68. The standard InChI is InChI=1S/C11H18N4S/c1-3-14(4-2)9-5-7-10(8-6-9)15(13)11(12)16/h5-8H,3-4,13H2,1-2H3,(H2,12,16). The summed E-state index contributed by atoms with van der Waals surface area (Å²) in [6, 6.07) is 7.85. The Kier molecular flexibility index (Phi) is 4.52. The van der Waals surface area contributed by atoms with Crippen molar-refractivity contribution < 1.29 is 0 Å². The van der Waals surface area contributed by atoms with Crippen molar-refractivity contribution >= 4 is 28.7 Å². The van der Waals surface area contributed by atoms with Gasteiger partial charge in [0.05, 0.1) is 5.69 Å². The van der Waals surface area contributed by atoms with E-state index in [4.69, 9.17) is 23.8 Å². The largest absolute Gasteiger partial charge is 0.375 e. The van der Waals surface area contributed by atoms with E-state index in [1.54, 1.807) is 0 Å². The summed E-state index contributed by atoms with van der Waals surface area (Å²) >= 11 is 4.80. The summed E-state index contributed by atoms with van der Waals surface area (Å²) in [5.74, 6) is 5.68. The number of rotatable bonds is 4. The lowest BCUT2D eigenvalue weighted by Crippen LogP contribution is -2.41. The van der Waals surface area contributed by atoms with E-state index in [9.17, 15) is 0 Å². The van der Waals surface area contributed by atoms with Gasteiger partial charge in [0.1, 0.15) is 0 Å². The topological polar surface area (TPSA) is 58.5 Å². The maximum atomic E-state index is 5.68. The van der Waals surface area contributed by atoms with Gasteiger partial charge in [0, 0.05) is 18.8 Å². The van der Waals surface area contributed by atoms with E-state index in [0.29, 0.717) is 0 Å². The molecule has 0 saturated carbocycles. The predicted octanol–water partition coefficient (Wildman–Crippen LogP) is 1.46. The van der Waals surface area contributed by atoms with Crippen LogP contribution in [-0.2, 0) is 0 Å². The molecule has 4 nitrogen and oxygen atoms in total. The number of nitrogens with zero attached hydrogens (tertiary/aromatic N) is 2. The Morgan fingerprint density at radius 2 is 1.56 bits per heavy atom. The van der Waals surface area contributed by atoms with E-state index in [1.807, 2.05) is 24.3 Å². The highest BCUT2D eigenvalue weighted by atomic mass is 32.1. The summed E-state index contributed by atoms with van der Waals surface area (Å²) in [4.78, 5) is 2.26. The van der Waals surface area contributed by atoms with Crippen LogP contribution in [0, 0.1) is 0 Å². The van der Waals surface area contributed by atoms with Gasteiger partial charge in [-0.2, -0.15) is 0 Å². The molecule has 0 amide bonds. The fraction of sp³-hybridized carbons (Fsp3) is 0.364. The van der Waals surface area contributed by atoms with Crippen molar-refractivity contribution in [3.05, 3.63) is 24.3 Å². The molecule has 0 bridgehead atoms. The van der Waals surface area contributed by atoms with Crippen molar-refractivity contribution in [3.63, 3.8) is 0 Å². The van der Waals surface area contributed by atoms with E-state index in [0.717, 1.165) is 18.8 Å². The molecule has 1 rings (SSSR count). The Hall–Kier alpha value is -1.33. The van der Waals surface area contributed by atoms with Crippen molar-refractivity contribution in [1.29, 1.82) is 0 Å². The molecule has 5 heteroatoms. The normalized spacial score (nSPS) is 9.94. The van der Waals surface area contributed by atoms with Crippen LogP contribution < -0.4 is 21.5 Å². The van der Waals surface area contributed by atoms with E-state index in [1.165, 1.54) is 10.7 Å². The highest BCUT2D eigenvalue weighted by Gasteiger charge is 2.05. The van der Waals surface area contributed by atoms with Gasteiger partial charge in [-0.25, -0.2) is 5.84 Å². The Balaban J connectivity index is 2.86. The van der Waals surface area contributed by atoms with Gasteiger partial charge in [-0.3, -0.25) is 5.01 Å². The van der Waals surface area contributed by atoms with Crippen molar-refractivity contribution in [2.45, 2.75) is 13.8 Å². The number of hydrogen-bond donors (Lipinski definition) is 2. The third-order valence-corrected chi connectivity index (χ3v) is 2.69. The molecule has 0 radical (unpaired) electrons. The molecule has 0 aromatic heterocycles. The second-order valence-corrected chi connectivity index (χ2v) is 3.82. The third-order valence-electron chi connectivity index (χ3n) is 2.49. The second kappa shape index (κ2) is 5.67. The van der Waals surface area contributed by atoms with E-state index < -0.39 is 0 Å². The first-order chi connectivity index (χ1) is 7.60. The summed E-state index contributed by atoms with van der Waals surface area (Å²) in [5.41, 5.74) is 7.41. The van der Waals surface area contributed by atoms with E-state index in [-0.39, 0.29) is 5.11 Å². The van der Waals surface area contributed by atoms with Crippen molar-refractivity contribution in [2.24, 2.45) is 11.6 Å². The second-order valence-electron chi connectivity index (χ2n) is 3.40. The van der Waals surface area contributed by atoms with Crippen LogP contribution in [0.25, 0.3) is 0 Å². The van der Waals surface area contributed by atoms with Gasteiger partial charge in [0.25, 0.3) is 0 Å². The fourth-order valence-corrected chi connectivity index (χ4v) is 1.65. The molecule has 16 heavy (non-hydrogen) atoms. The van der Waals surface area contributed by atoms with Crippen LogP contribution in [0.3, 0.4) is 0 Å². The first-order valence-corrected chi connectivity index (χ1v) is 5.70. The van der Waals surface area contributed by atoms with Crippen LogP contribution in [0.2, 0.25) is 0 Å². The van der Waals surface area contributed by atoms with Crippen LogP contribution in [0.1, 0.15) is 13.8 Å². The third kappa shape index (κ3) is 2.84. The van der Waals surface area contributed by atoms with Gasteiger partial charge in [-0.1, -0.05) is 0 Å². The molecule has 0 aliphatic heterocycles. The minimum Gasteiger partial charge on any atom is -0.375 e.